The van der Waals surface area contributed by atoms with Gasteiger partial charge < -0.3 is 4.74 Å². The number of nitriles is 1. The number of nitrogens with zero attached hydrogens (tertiary/aromatic N) is 2. The summed E-state index contributed by atoms with van der Waals surface area (Å²) in [6, 6.07) is 3.12. The molecule has 1 aliphatic heterocycles. The fourth-order valence-corrected chi connectivity index (χ4v) is 3.72. The lowest BCUT2D eigenvalue weighted by Gasteiger charge is -2.37. The smallest absolute Gasteiger partial charge is 0.108 e. The number of nitrogens with one attached hydrogen (secondary N) is 1. The summed E-state index contributed by atoms with van der Waals surface area (Å²) in [5.74, 6) is 0. The molecule has 0 amide bonds. The summed E-state index contributed by atoms with van der Waals surface area (Å²) in [7, 11) is 0. The summed E-state index contributed by atoms with van der Waals surface area (Å²) in [5, 5.41) is 13.1. The van der Waals surface area contributed by atoms with Crippen LogP contribution in [0.4, 0.5) is 0 Å². The van der Waals surface area contributed by atoms with Gasteiger partial charge in [0, 0.05) is 19.2 Å². The Morgan fingerprint density at radius 2 is 2.19 bits per heavy atom. The molecule has 120 valence electrons. The van der Waals surface area contributed by atoms with Gasteiger partial charge in [0.15, 0.2) is 0 Å². The van der Waals surface area contributed by atoms with Crippen LogP contribution >= 0.6 is 0 Å². The highest BCUT2D eigenvalue weighted by Gasteiger charge is 2.42. The van der Waals surface area contributed by atoms with Crippen molar-refractivity contribution in [2.75, 3.05) is 26.2 Å². The minimum Gasteiger partial charge on any atom is -0.377 e. The van der Waals surface area contributed by atoms with E-state index in [0.29, 0.717) is 12.1 Å². The van der Waals surface area contributed by atoms with Crippen molar-refractivity contribution in [2.24, 2.45) is 0 Å². The maximum Gasteiger partial charge on any atom is 0.108 e. The first kappa shape index (κ1) is 16.7. The third-order valence-corrected chi connectivity index (χ3v) is 4.90. The SMILES string of the molecule is CCCNC1(C#N)CCC(N2CCCC(OCCC)C2)C1. The van der Waals surface area contributed by atoms with E-state index in [1.807, 2.05) is 0 Å². The van der Waals surface area contributed by atoms with Gasteiger partial charge in [-0.25, -0.2) is 0 Å². The van der Waals surface area contributed by atoms with Gasteiger partial charge in [-0.05, 0) is 58.0 Å². The molecule has 0 radical (unpaired) electrons. The standard InChI is InChI=1S/C17H31N3O/c1-3-9-19-17(14-18)8-7-15(12-17)20-10-5-6-16(13-20)21-11-4-2/h15-16,19H,3-13H2,1-2H3. The Balaban J connectivity index is 1.86. The molecule has 3 atom stereocenters. The number of hydrogen-bond donors (Lipinski definition) is 1. The van der Waals surface area contributed by atoms with Gasteiger partial charge in [-0.3, -0.25) is 10.2 Å². The zero-order valence-corrected chi connectivity index (χ0v) is 13.7. The molecule has 0 spiro atoms. The number of hydrogen-bond acceptors (Lipinski definition) is 4. The second-order valence-corrected chi connectivity index (χ2v) is 6.65. The second kappa shape index (κ2) is 8.12. The van der Waals surface area contributed by atoms with Gasteiger partial charge in [-0.1, -0.05) is 13.8 Å². The van der Waals surface area contributed by atoms with Crippen LogP contribution in [0, 0.1) is 11.3 Å². The maximum atomic E-state index is 9.57. The third kappa shape index (κ3) is 4.42. The predicted molar refractivity (Wildman–Crippen MR) is 85.1 cm³/mol. The maximum absolute atomic E-state index is 9.57. The van der Waals surface area contributed by atoms with E-state index in [0.717, 1.165) is 51.8 Å². The molecule has 21 heavy (non-hydrogen) atoms. The highest BCUT2D eigenvalue weighted by molar-refractivity contribution is 5.13. The minimum absolute atomic E-state index is 0.280. The van der Waals surface area contributed by atoms with Crippen molar-refractivity contribution in [2.45, 2.75) is 76.5 Å². The lowest BCUT2D eigenvalue weighted by atomic mass is 9.98. The lowest BCUT2D eigenvalue weighted by molar-refractivity contribution is -0.0122. The molecule has 2 fully saturated rings. The molecular weight excluding hydrogens is 262 g/mol. The predicted octanol–water partition coefficient (Wildman–Crippen LogP) is 2.69. The average molecular weight is 293 g/mol. The van der Waals surface area contributed by atoms with Gasteiger partial charge in [0.1, 0.15) is 5.54 Å². The molecule has 1 saturated carbocycles. The van der Waals surface area contributed by atoms with Gasteiger partial charge in [0.05, 0.1) is 12.2 Å². The van der Waals surface area contributed by atoms with Gasteiger partial charge in [-0.15, -0.1) is 0 Å². The average Bonchev–Trinajstić information content (AvgIpc) is 2.96. The van der Waals surface area contributed by atoms with Crippen molar-refractivity contribution in [1.82, 2.24) is 10.2 Å². The van der Waals surface area contributed by atoms with Crippen LogP contribution in [0.2, 0.25) is 0 Å². The molecule has 0 bridgehead atoms. The summed E-state index contributed by atoms with van der Waals surface area (Å²) < 4.78 is 5.94. The topological polar surface area (TPSA) is 48.3 Å². The zero-order chi connectivity index (χ0) is 15.1. The monoisotopic (exact) mass is 293 g/mol. The van der Waals surface area contributed by atoms with Crippen molar-refractivity contribution in [3.8, 4) is 6.07 Å². The largest absolute Gasteiger partial charge is 0.377 e. The highest BCUT2D eigenvalue weighted by Crippen LogP contribution is 2.34. The third-order valence-electron chi connectivity index (χ3n) is 4.90. The molecule has 1 saturated heterocycles. The Morgan fingerprint density at radius 1 is 1.33 bits per heavy atom. The van der Waals surface area contributed by atoms with Crippen molar-refractivity contribution in [3.63, 3.8) is 0 Å². The number of piperidine rings is 1. The van der Waals surface area contributed by atoms with E-state index in [4.69, 9.17) is 4.74 Å². The number of ether oxygens (including phenoxy) is 1. The van der Waals surface area contributed by atoms with Crippen LogP contribution in [0.15, 0.2) is 0 Å². The van der Waals surface area contributed by atoms with Gasteiger partial charge in [-0.2, -0.15) is 5.26 Å². The molecule has 0 aromatic heterocycles. The van der Waals surface area contributed by atoms with Crippen molar-refractivity contribution >= 4 is 0 Å². The van der Waals surface area contributed by atoms with Crippen LogP contribution < -0.4 is 5.32 Å². The summed E-state index contributed by atoms with van der Waals surface area (Å²) >= 11 is 0. The summed E-state index contributed by atoms with van der Waals surface area (Å²) in [6.07, 6.45) is 8.12. The number of likely N-dealkylation sites (tertiary alicyclic amines) is 1. The van der Waals surface area contributed by atoms with E-state index in [2.05, 4.69) is 30.1 Å². The lowest BCUT2D eigenvalue weighted by Crippen LogP contribution is -2.47. The second-order valence-electron chi connectivity index (χ2n) is 6.65. The Labute approximate surface area is 129 Å². The molecular formula is C17H31N3O. The fraction of sp³-hybridized carbons (Fsp3) is 0.941. The molecule has 3 unspecified atom stereocenters. The minimum atomic E-state index is -0.280. The van der Waals surface area contributed by atoms with Gasteiger partial charge in [0.25, 0.3) is 0 Å². The summed E-state index contributed by atoms with van der Waals surface area (Å²) in [4.78, 5) is 2.58. The van der Waals surface area contributed by atoms with E-state index in [9.17, 15) is 5.26 Å². The van der Waals surface area contributed by atoms with Crippen LogP contribution in [0.25, 0.3) is 0 Å². The van der Waals surface area contributed by atoms with Crippen molar-refractivity contribution in [1.29, 1.82) is 5.26 Å². The Bertz CT molecular complexity index is 354. The van der Waals surface area contributed by atoms with E-state index in [1.54, 1.807) is 0 Å². The van der Waals surface area contributed by atoms with Crippen LogP contribution in [0.1, 0.15) is 58.8 Å². The summed E-state index contributed by atoms with van der Waals surface area (Å²) in [6.45, 7) is 8.38. The van der Waals surface area contributed by atoms with Crippen molar-refractivity contribution < 1.29 is 4.74 Å². The first-order valence-electron chi connectivity index (χ1n) is 8.75. The molecule has 0 aromatic carbocycles. The zero-order valence-electron chi connectivity index (χ0n) is 13.7. The van der Waals surface area contributed by atoms with Crippen molar-refractivity contribution in [3.05, 3.63) is 0 Å². The van der Waals surface area contributed by atoms with Gasteiger partial charge >= 0.3 is 0 Å². The van der Waals surface area contributed by atoms with Crippen LogP contribution in [-0.4, -0.2) is 48.8 Å². The van der Waals surface area contributed by atoms with E-state index in [-0.39, 0.29) is 5.54 Å². The van der Waals surface area contributed by atoms with E-state index in [1.165, 1.54) is 19.4 Å². The Kier molecular flexibility index (Phi) is 6.47. The van der Waals surface area contributed by atoms with Crippen LogP contribution in [-0.2, 0) is 4.74 Å². The first-order valence-corrected chi connectivity index (χ1v) is 8.75. The fourth-order valence-electron chi connectivity index (χ4n) is 3.72. The number of rotatable bonds is 7. The first-order chi connectivity index (χ1) is 10.2. The molecule has 1 N–H and O–H groups in total. The van der Waals surface area contributed by atoms with E-state index >= 15 is 0 Å². The molecule has 4 nitrogen and oxygen atoms in total. The van der Waals surface area contributed by atoms with Gasteiger partial charge in [0.2, 0.25) is 0 Å². The molecule has 1 heterocycles. The molecule has 2 aliphatic rings. The highest BCUT2D eigenvalue weighted by atomic mass is 16.5. The van der Waals surface area contributed by atoms with Crippen LogP contribution in [0.5, 0.6) is 0 Å². The Hall–Kier alpha value is -0.630. The quantitative estimate of drug-likeness (QED) is 0.784. The molecule has 0 aromatic rings. The normalized spacial score (nSPS) is 34.0. The Morgan fingerprint density at radius 3 is 2.90 bits per heavy atom. The van der Waals surface area contributed by atoms with Crippen LogP contribution in [0.3, 0.4) is 0 Å². The summed E-state index contributed by atoms with van der Waals surface area (Å²) in [5.41, 5.74) is -0.280. The van der Waals surface area contributed by atoms with E-state index < -0.39 is 0 Å². The molecule has 1 aliphatic carbocycles. The molecule has 2 rings (SSSR count). The molecule has 4 heteroatoms.